The van der Waals surface area contributed by atoms with Crippen molar-refractivity contribution in [1.82, 2.24) is 0 Å². The minimum atomic E-state index is -0.200. The van der Waals surface area contributed by atoms with Crippen molar-refractivity contribution >= 4 is 50.7 Å². The molecule has 0 saturated carbocycles. The van der Waals surface area contributed by atoms with Crippen molar-refractivity contribution in [3.63, 3.8) is 0 Å². The molecule has 0 bridgehead atoms. The van der Waals surface area contributed by atoms with Crippen LogP contribution < -0.4 is 5.32 Å². The van der Waals surface area contributed by atoms with Gasteiger partial charge in [-0.3, -0.25) is 4.79 Å². The van der Waals surface area contributed by atoms with Gasteiger partial charge in [0.05, 0.1) is 0 Å². The molecule has 0 fully saturated rings. The lowest BCUT2D eigenvalue weighted by Crippen LogP contribution is -2.12. The van der Waals surface area contributed by atoms with Gasteiger partial charge in [-0.1, -0.05) is 39.1 Å². The lowest BCUT2D eigenvalue weighted by atomic mass is 10.1. The molecule has 0 aliphatic rings. The zero-order valence-electron chi connectivity index (χ0n) is 10.0. The Kier molecular flexibility index (Phi) is 4.50. The fourth-order valence-electron chi connectivity index (χ4n) is 1.62. The molecule has 0 aliphatic heterocycles. The van der Waals surface area contributed by atoms with E-state index in [1.165, 1.54) is 0 Å². The largest absolute Gasteiger partial charge is 0.322 e. The van der Waals surface area contributed by atoms with Crippen LogP contribution in [0.1, 0.15) is 15.9 Å². The van der Waals surface area contributed by atoms with E-state index in [4.69, 9.17) is 23.2 Å². The van der Waals surface area contributed by atoms with Gasteiger partial charge >= 0.3 is 0 Å². The first-order valence-corrected chi connectivity index (χ1v) is 7.04. The second-order valence-corrected chi connectivity index (χ2v) is 5.80. The van der Waals surface area contributed by atoms with Crippen molar-refractivity contribution in [2.45, 2.75) is 6.92 Å². The summed E-state index contributed by atoms with van der Waals surface area (Å²) in [6, 6.07) is 10.3. The van der Waals surface area contributed by atoms with E-state index in [0.29, 0.717) is 21.3 Å². The van der Waals surface area contributed by atoms with Crippen LogP contribution >= 0.6 is 39.1 Å². The minimum absolute atomic E-state index is 0.200. The number of hydrogen-bond acceptors (Lipinski definition) is 1. The predicted molar refractivity (Wildman–Crippen MR) is 83.3 cm³/mol. The molecule has 0 atom stereocenters. The van der Waals surface area contributed by atoms with Crippen LogP contribution in [0.4, 0.5) is 5.69 Å². The van der Waals surface area contributed by atoms with Gasteiger partial charge in [0, 0.05) is 25.8 Å². The molecule has 5 heteroatoms. The number of anilines is 1. The summed E-state index contributed by atoms with van der Waals surface area (Å²) in [5.41, 5.74) is 2.15. The fourth-order valence-corrected chi connectivity index (χ4v) is 2.39. The van der Waals surface area contributed by atoms with Crippen molar-refractivity contribution < 1.29 is 4.79 Å². The molecule has 0 radical (unpaired) electrons. The fraction of sp³-hybridized carbons (Fsp3) is 0.0714. The summed E-state index contributed by atoms with van der Waals surface area (Å²) in [6.45, 7) is 1.93. The van der Waals surface area contributed by atoms with Crippen molar-refractivity contribution in [2.75, 3.05) is 5.32 Å². The molecule has 0 heterocycles. The van der Waals surface area contributed by atoms with E-state index < -0.39 is 0 Å². The molecular weight excluding hydrogens is 349 g/mol. The number of benzene rings is 2. The normalized spacial score (nSPS) is 10.3. The van der Waals surface area contributed by atoms with Gasteiger partial charge in [-0.2, -0.15) is 0 Å². The maximum absolute atomic E-state index is 12.1. The van der Waals surface area contributed by atoms with Crippen LogP contribution in [-0.4, -0.2) is 5.91 Å². The molecule has 2 aromatic rings. The highest BCUT2D eigenvalue weighted by molar-refractivity contribution is 9.10. The lowest BCUT2D eigenvalue weighted by Gasteiger charge is -2.07. The second-order valence-electron chi connectivity index (χ2n) is 4.08. The summed E-state index contributed by atoms with van der Waals surface area (Å²) < 4.78 is 0.967. The number of amides is 1. The Labute approximate surface area is 129 Å². The van der Waals surface area contributed by atoms with Crippen LogP contribution in [0.15, 0.2) is 40.9 Å². The van der Waals surface area contributed by atoms with E-state index in [1.54, 1.807) is 24.3 Å². The number of carbonyl (C=O) groups excluding carboxylic acids is 1. The summed E-state index contributed by atoms with van der Waals surface area (Å²) in [6.07, 6.45) is 0. The molecular formula is C14H10BrCl2NO. The van der Waals surface area contributed by atoms with Crippen LogP contribution in [0.2, 0.25) is 10.0 Å². The first kappa shape index (κ1) is 14.4. The Morgan fingerprint density at radius 1 is 1.11 bits per heavy atom. The third-order valence-electron chi connectivity index (χ3n) is 2.54. The van der Waals surface area contributed by atoms with E-state index in [1.807, 2.05) is 19.1 Å². The molecule has 19 heavy (non-hydrogen) atoms. The number of rotatable bonds is 2. The topological polar surface area (TPSA) is 29.1 Å². The first-order valence-electron chi connectivity index (χ1n) is 5.49. The van der Waals surface area contributed by atoms with Crippen molar-refractivity contribution in [1.29, 1.82) is 0 Å². The van der Waals surface area contributed by atoms with Crippen LogP contribution in [0.5, 0.6) is 0 Å². The van der Waals surface area contributed by atoms with E-state index >= 15 is 0 Å². The standard InChI is InChI=1S/C14H10BrCl2NO/c1-8-4-9(2-3-13(8)15)14(19)18-12-6-10(16)5-11(17)7-12/h2-7H,1H3,(H,18,19). The number of nitrogens with one attached hydrogen (secondary N) is 1. The van der Waals surface area contributed by atoms with Gasteiger partial charge in [0.2, 0.25) is 0 Å². The number of halogens is 3. The molecule has 0 aromatic heterocycles. The average Bonchev–Trinajstić information content (AvgIpc) is 2.31. The second kappa shape index (κ2) is 5.95. The van der Waals surface area contributed by atoms with Gasteiger partial charge in [-0.05, 0) is 48.9 Å². The third-order valence-corrected chi connectivity index (χ3v) is 3.87. The van der Waals surface area contributed by atoms with E-state index in [2.05, 4.69) is 21.2 Å². The molecule has 1 amide bonds. The number of carbonyl (C=O) groups is 1. The lowest BCUT2D eigenvalue weighted by molar-refractivity contribution is 0.102. The van der Waals surface area contributed by atoms with E-state index in [9.17, 15) is 4.79 Å². The zero-order chi connectivity index (χ0) is 14.0. The van der Waals surface area contributed by atoms with Gasteiger partial charge in [0.25, 0.3) is 5.91 Å². The van der Waals surface area contributed by atoms with Gasteiger partial charge in [0.15, 0.2) is 0 Å². The summed E-state index contributed by atoms with van der Waals surface area (Å²) >= 11 is 15.2. The van der Waals surface area contributed by atoms with Gasteiger partial charge in [-0.15, -0.1) is 0 Å². The van der Waals surface area contributed by atoms with Crippen molar-refractivity contribution in [3.05, 3.63) is 62.0 Å². The summed E-state index contributed by atoms with van der Waals surface area (Å²) in [7, 11) is 0. The van der Waals surface area contributed by atoms with Gasteiger partial charge in [0.1, 0.15) is 0 Å². The van der Waals surface area contributed by atoms with E-state index in [0.717, 1.165) is 10.0 Å². The Hall–Kier alpha value is -1.03. The quantitative estimate of drug-likeness (QED) is 0.773. The number of hydrogen-bond donors (Lipinski definition) is 1. The smallest absolute Gasteiger partial charge is 0.255 e. The number of aryl methyl sites for hydroxylation is 1. The Balaban J connectivity index is 2.22. The van der Waals surface area contributed by atoms with Crippen LogP contribution in [0, 0.1) is 6.92 Å². The molecule has 0 spiro atoms. The van der Waals surface area contributed by atoms with Gasteiger partial charge < -0.3 is 5.32 Å². The highest BCUT2D eigenvalue weighted by Gasteiger charge is 2.08. The van der Waals surface area contributed by atoms with Crippen molar-refractivity contribution in [2.24, 2.45) is 0 Å². The third kappa shape index (κ3) is 3.72. The van der Waals surface area contributed by atoms with Gasteiger partial charge in [-0.25, -0.2) is 0 Å². The summed E-state index contributed by atoms with van der Waals surface area (Å²) in [5, 5.41) is 3.73. The Morgan fingerprint density at radius 3 is 2.32 bits per heavy atom. The minimum Gasteiger partial charge on any atom is -0.322 e. The molecule has 2 aromatic carbocycles. The monoisotopic (exact) mass is 357 g/mol. The summed E-state index contributed by atoms with van der Waals surface area (Å²) in [4.78, 5) is 12.1. The van der Waals surface area contributed by atoms with Crippen LogP contribution in [0.25, 0.3) is 0 Å². The maximum atomic E-state index is 12.1. The first-order chi connectivity index (χ1) is 8.95. The van der Waals surface area contributed by atoms with Crippen LogP contribution in [-0.2, 0) is 0 Å². The maximum Gasteiger partial charge on any atom is 0.255 e. The molecule has 98 valence electrons. The Morgan fingerprint density at radius 2 is 1.74 bits per heavy atom. The molecule has 0 unspecified atom stereocenters. The molecule has 1 N–H and O–H groups in total. The SMILES string of the molecule is Cc1cc(C(=O)Nc2cc(Cl)cc(Cl)c2)ccc1Br. The summed E-state index contributed by atoms with van der Waals surface area (Å²) in [5.74, 6) is -0.200. The molecule has 0 saturated heterocycles. The van der Waals surface area contributed by atoms with Crippen molar-refractivity contribution in [3.8, 4) is 0 Å². The zero-order valence-corrected chi connectivity index (χ0v) is 13.1. The Bertz CT molecular complexity index is 623. The highest BCUT2D eigenvalue weighted by atomic mass is 79.9. The molecule has 2 nitrogen and oxygen atoms in total. The van der Waals surface area contributed by atoms with E-state index in [-0.39, 0.29) is 5.91 Å². The highest BCUT2D eigenvalue weighted by Crippen LogP contribution is 2.23. The van der Waals surface area contributed by atoms with Crippen LogP contribution in [0.3, 0.4) is 0 Å². The molecule has 2 rings (SSSR count). The predicted octanol–water partition coefficient (Wildman–Crippen LogP) is 5.32. The molecule has 0 aliphatic carbocycles. The average molecular weight is 359 g/mol.